The van der Waals surface area contributed by atoms with Gasteiger partial charge in [0.05, 0.1) is 0 Å². The molecule has 0 unspecified atom stereocenters. The number of allylic oxidation sites excluding steroid dienone is 12. The van der Waals surface area contributed by atoms with Gasteiger partial charge in [0.1, 0.15) is 0 Å². The molecule has 0 saturated carbocycles. The lowest BCUT2D eigenvalue weighted by Gasteiger charge is -1.95. The van der Waals surface area contributed by atoms with Crippen molar-refractivity contribution < 1.29 is 0 Å². The fraction of sp³-hybridized carbons (Fsp3) is 0.143. The van der Waals surface area contributed by atoms with E-state index in [1.54, 1.807) is 0 Å². The summed E-state index contributed by atoms with van der Waals surface area (Å²) in [4.78, 5) is 0. The predicted molar refractivity (Wildman–Crippen MR) is 64.1 cm³/mol. The van der Waals surface area contributed by atoms with Crippen LogP contribution in [-0.4, -0.2) is 0 Å². The third kappa shape index (κ3) is 3.90. The number of rotatable bonds is 0. The van der Waals surface area contributed by atoms with Gasteiger partial charge in [-0.25, -0.2) is 0 Å². The quantitative estimate of drug-likeness (QED) is 0.531. The minimum atomic E-state index is 1.30. The van der Waals surface area contributed by atoms with Gasteiger partial charge in [0.2, 0.25) is 0 Å². The molecule has 0 spiro atoms. The summed E-state index contributed by atoms with van der Waals surface area (Å²) < 4.78 is 0. The molecule has 0 nitrogen and oxygen atoms in total. The van der Waals surface area contributed by atoms with E-state index >= 15 is 0 Å². The van der Waals surface area contributed by atoms with Crippen LogP contribution in [0.5, 0.6) is 0 Å². The van der Waals surface area contributed by atoms with Crippen molar-refractivity contribution in [1.82, 2.24) is 0 Å². The molecule has 1 aliphatic carbocycles. The average molecular weight is 184 g/mol. The van der Waals surface area contributed by atoms with Crippen molar-refractivity contribution in [3.8, 4) is 0 Å². The van der Waals surface area contributed by atoms with Gasteiger partial charge in [0.25, 0.3) is 0 Å². The highest BCUT2D eigenvalue weighted by Crippen LogP contribution is 2.06. The van der Waals surface area contributed by atoms with Crippen LogP contribution in [0.15, 0.2) is 71.9 Å². The Morgan fingerprint density at radius 2 is 0.786 bits per heavy atom. The zero-order valence-electron chi connectivity index (χ0n) is 8.77. The normalized spacial score (nSPS) is 17.0. The van der Waals surface area contributed by atoms with Gasteiger partial charge in [-0.15, -0.1) is 0 Å². The second-order valence-electron chi connectivity index (χ2n) is 3.24. The molecule has 0 aromatic carbocycles. The fourth-order valence-corrected chi connectivity index (χ4v) is 1.05. The summed E-state index contributed by atoms with van der Waals surface area (Å²) in [5.41, 5.74) is 2.59. The monoisotopic (exact) mass is 184 g/mol. The van der Waals surface area contributed by atoms with Gasteiger partial charge in [-0.2, -0.15) is 0 Å². The minimum Gasteiger partial charge on any atom is -0.0623 e. The van der Waals surface area contributed by atoms with Crippen LogP contribution < -0.4 is 0 Å². The lowest BCUT2D eigenvalue weighted by atomic mass is 10.1. The van der Waals surface area contributed by atoms with Crippen LogP contribution in [0.2, 0.25) is 0 Å². The molecule has 0 heterocycles. The molecule has 72 valence electrons. The lowest BCUT2D eigenvalue weighted by molar-refractivity contribution is 1.37. The van der Waals surface area contributed by atoms with Gasteiger partial charge >= 0.3 is 0 Å². The first-order valence-corrected chi connectivity index (χ1v) is 4.83. The highest BCUT2D eigenvalue weighted by atomic mass is 13.9. The first-order chi connectivity index (χ1) is 6.80. The minimum absolute atomic E-state index is 1.30. The Kier molecular flexibility index (Phi) is 4.49. The summed E-state index contributed by atoms with van der Waals surface area (Å²) in [5, 5.41) is 0. The largest absolute Gasteiger partial charge is 0.0623 e. The van der Waals surface area contributed by atoms with E-state index in [0.29, 0.717) is 0 Å². The molecule has 0 bridgehead atoms. The maximum absolute atomic E-state index is 2.12. The van der Waals surface area contributed by atoms with Crippen LogP contribution in [0.1, 0.15) is 13.8 Å². The van der Waals surface area contributed by atoms with E-state index in [1.807, 2.05) is 36.5 Å². The second kappa shape index (κ2) is 5.98. The molecule has 0 atom stereocenters. The molecule has 0 aromatic rings. The van der Waals surface area contributed by atoms with Gasteiger partial charge < -0.3 is 0 Å². The molecule has 0 aromatic heterocycles. The van der Waals surface area contributed by atoms with Crippen LogP contribution in [0.3, 0.4) is 0 Å². The van der Waals surface area contributed by atoms with Gasteiger partial charge in [-0.05, 0) is 25.0 Å². The zero-order chi connectivity index (χ0) is 10.2. The van der Waals surface area contributed by atoms with Crippen molar-refractivity contribution in [2.24, 2.45) is 0 Å². The summed E-state index contributed by atoms with van der Waals surface area (Å²) in [6.07, 6.45) is 20.5. The van der Waals surface area contributed by atoms with Crippen molar-refractivity contribution in [2.75, 3.05) is 0 Å². The molecule has 0 aliphatic heterocycles. The Morgan fingerprint density at radius 3 is 1.14 bits per heavy atom. The van der Waals surface area contributed by atoms with Gasteiger partial charge in [0, 0.05) is 0 Å². The number of hydrogen-bond donors (Lipinski definition) is 0. The van der Waals surface area contributed by atoms with E-state index in [1.165, 1.54) is 11.1 Å². The molecule has 1 aliphatic rings. The molecule has 0 heteroatoms. The number of hydrogen-bond acceptors (Lipinski definition) is 0. The summed E-state index contributed by atoms with van der Waals surface area (Å²) in [6.45, 7) is 4.24. The summed E-state index contributed by atoms with van der Waals surface area (Å²) in [7, 11) is 0. The van der Waals surface area contributed by atoms with E-state index in [4.69, 9.17) is 0 Å². The standard InChI is InChI=1S/C14H16/c1-13-11-9-7-5-3-4-6-8-10-12-14(13)2/h3-12H,1-2H3. The maximum Gasteiger partial charge on any atom is -0.0395 e. The highest BCUT2D eigenvalue weighted by molar-refractivity contribution is 5.34. The third-order valence-corrected chi connectivity index (χ3v) is 2.09. The molecule has 1 rings (SSSR count). The van der Waals surface area contributed by atoms with Crippen molar-refractivity contribution in [2.45, 2.75) is 13.8 Å². The Bertz CT molecular complexity index is 310. The Balaban J connectivity index is 2.92. The Hall–Kier alpha value is -1.56. The molecular weight excluding hydrogens is 168 g/mol. The SMILES string of the molecule is CC1=C(C)C=CC=CC=CC=CC=C1. The van der Waals surface area contributed by atoms with Crippen LogP contribution in [0.4, 0.5) is 0 Å². The van der Waals surface area contributed by atoms with Gasteiger partial charge in [-0.1, -0.05) is 60.8 Å². The van der Waals surface area contributed by atoms with E-state index in [2.05, 4.69) is 38.2 Å². The van der Waals surface area contributed by atoms with E-state index in [-0.39, 0.29) is 0 Å². The molecular formula is C14H16. The molecule has 0 fully saturated rings. The van der Waals surface area contributed by atoms with Crippen molar-refractivity contribution in [3.63, 3.8) is 0 Å². The predicted octanol–water partition coefficient (Wildman–Crippen LogP) is 4.12. The van der Waals surface area contributed by atoms with Gasteiger partial charge in [-0.3, -0.25) is 0 Å². The smallest absolute Gasteiger partial charge is 0.0395 e. The topological polar surface area (TPSA) is 0 Å². The summed E-state index contributed by atoms with van der Waals surface area (Å²) >= 11 is 0. The molecule has 14 heavy (non-hydrogen) atoms. The molecule has 0 radical (unpaired) electrons. The Morgan fingerprint density at radius 1 is 0.500 bits per heavy atom. The highest BCUT2D eigenvalue weighted by Gasteiger charge is 1.86. The second-order valence-corrected chi connectivity index (χ2v) is 3.24. The lowest BCUT2D eigenvalue weighted by Crippen LogP contribution is -1.75. The molecule has 0 amide bonds. The first kappa shape index (κ1) is 10.5. The summed E-state index contributed by atoms with van der Waals surface area (Å²) in [6, 6.07) is 0. The van der Waals surface area contributed by atoms with Gasteiger partial charge in [0.15, 0.2) is 0 Å². The van der Waals surface area contributed by atoms with Crippen LogP contribution in [0.25, 0.3) is 0 Å². The molecule has 0 N–H and O–H groups in total. The maximum atomic E-state index is 2.12. The fourth-order valence-electron chi connectivity index (χ4n) is 1.05. The first-order valence-electron chi connectivity index (χ1n) is 4.83. The van der Waals surface area contributed by atoms with Crippen LogP contribution in [0, 0.1) is 0 Å². The van der Waals surface area contributed by atoms with Crippen molar-refractivity contribution >= 4 is 0 Å². The average Bonchev–Trinajstić information content (AvgIpc) is 2.18. The van der Waals surface area contributed by atoms with Crippen molar-refractivity contribution in [1.29, 1.82) is 0 Å². The Labute approximate surface area is 86.3 Å². The van der Waals surface area contributed by atoms with Crippen LogP contribution >= 0.6 is 0 Å². The third-order valence-electron chi connectivity index (χ3n) is 2.09. The van der Waals surface area contributed by atoms with E-state index in [0.717, 1.165) is 0 Å². The van der Waals surface area contributed by atoms with E-state index < -0.39 is 0 Å². The zero-order valence-corrected chi connectivity index (χ0v) is 8.77. The molecule has 0 saturated heterocycles. The van der Waals surface area contributed by atoms with Crippen molar-refractivity contribution in [3.05, 3.63) is 71.9 Å². The summed E-state index contributed by atoms with van der Waals surface area (Å²) in [5.74, 6) is 0. The van der Waals surface area contributed by atoms with E-state index in [9.17, 15) is 0 Å². The van der Waals surface area contributed by atoms with Crippen LogP contribution in [-0.2, 0) is 0 Å².